The molecule has 19 heteroatoms. The molecule has 6 atom stereocenters. The van der Waals surface area contributed by atoms with Crippen LogP contribution in [0, 0.1) is 23.2 Å². The minimum atomic E-state index is -4.62. The summed E-state index contributed by atoms with van der Waals surface area (Å²) in [6.45, 7) is 5.40. The first-order valence-electron chi connectivity index (χ1n) is 27.6. The number of hydrogen-bond donors (Lipinski definition) is 4. The van der Waals surface area contributed by atoms with Crippen molar-refractivity contribution in [2.24, 2.45) is 23.2 Å². The molecular formula is C57H74BrF3N8O7. The van der Waals surface area contributed by atoms with E-state index in [1.54, 1.807) is 35.3 Å². The summed E-state index contributed by atoms with van der Waals surface area (Å²) in [4.78, 5) is 79.2. The normalized spacial score (nSPS) is 28.5. The van der Waals surface area contributed by atoms with Gasteiger partial charge in [0, 0.05) is 93.2 Å². The Morgan fingerprint density at radius 3 is 2.33 bits per heavy atom. The molecule has 2 aromatic heterocycles. The van der Waals surface area contributed by atoms with Crippen molar-refractivity contribution < 1.29 is 46.6 Å². The number of rotatable bonds is 18. The van der Waals surface area contributed by atoms with Crippen molar-refractivity contribution in [3.05, 3.63) is 93.0 Å². The van der Waals surface area contributed by atoms with Crippen LogP contribution < -0.4 is 21.3 Å². The highest BCUT2D eigenvalue weighted by Crippen LogP contribution is 2.48. The zero-order valence-corrected chi connectivity index (χ0v) is 45.6. The second-order valence-electron chi connectivity index (χ2n) is 22.6. The van der Waals surface area contributed by atoms with E-state index in [-0.39, 0.29) is 103 Å². The number of amides is 5. The first-order chi connectivity index (χ1) is 36.4. The monoisotopic (exact) mass is 1120 g/mol. The van der Waals surface area contributed by atoms with E-state index in [1.165, 1.54) is 11.1 Å². The summed E-state index contributed by atoms with van der Waals surface area (Å²) in [7, 11) is 1.72. The number of hydrogen-bond acceptors (Lipinski definition) is 10. The maximum atomic E-state index is 14.9. The Morgan fingerprint density at radius 1 is 0.868 bits per heavy atom. The van der Waals surface area contributed by atoms with Gasteiger partial charge < -0.3 is 40.5 Å². The van der Waals surface area contributed by atoms with Crippen LogP contribution in [0.5, 0.6) is 0 Å². The zero-order valence-electron chi connectivity index (χ0n) is 44.0. The number of aromatic nitrogens is 2. The van der Waals surface area contributed by atoms with Gasteiger partial charge in [-0.1, -0.05) is 41.9 Å². The summed E-state index contributed by atoms with van der Waals surface area (Å²) in [5.74, 6) is -1.50. The van der Waals surface area contributed by atoms with Gasteiger partial charge in [0.05, 0.1) is 53.5 Å². The number of halogens is 4. The lowest BCUT2D eigenvalue weighted by atomic mass is 9.73. The third kappa shape index (κ3) is 13.0. The summed E-state index contributed by atoms with van der Waals surface area (Å²) in [6.07, 6.45) is 10.5. The third-order valence-electron chi connectivity index (χ3n) is 17.4. The zero-order chi connectivity index (χ0) is 53.7. The molecule has 1 aromatic carbocycles. The van der Waals surface area contributed by atoms with Gasteiger partial charge in [0.1, 0.15) is 0 Å². The Labute approximate surface area is 452 Å². The van der Waals surface area contributed by atoms with Crippen LogP contribution in [-0.2, 0) is 52.6 Å². The number of alkyl halides is 3. The Balaban J connectivity index is 0.686. The van der Waals surface area contributed by atoms with Gasteiger partial charge in [-0.2, -0.15) is 13.2 Å². The molecule has 0 bridgehead atoms. The molecule has 412 valence electrons. The number of fused-ring (bicyclic) bond motifs is 2. The van der Waals surface area contributed by atoms with Gasteiger partial charge in [0.25, 0.3) is 0 Å². The second-order valence-corrected chi connectivity index (χ2v) is 23.5. The Bertz CT molecular complexity index is 2560. The van der Waals surface area contributed by atoms with E-state index in [0.717, 1.165) is 67.2 Å². The predicted molar refractivity (Wildman–Crippen MR) is 281 cm³/mol. The Morgan fingerprint density at radius 2 is 1.62 bits per heavy atom. The van der Waals surface area contributed by atoms with Crippen LogP contribution >= 0.6 is 15.9 Å². The van der Waals surface area contributed by atoms with Gasteiger partial charge >= 0.3 is 6.18 Å². The average Bonchev–Trinajstić information content (AvgIpc) is 4.11. The lowest BCUT2D eigenvalue weighted by Gasteiger charge is -2.42. The summed E-state index contributed by atoms with van der Waals surface area (Å²) in [6, 6.07) is 10.3. The molecule has 0 unspecified atom stereocenters. The number of benzene rings is 1. The van der Waals surface area contributed by atoms with Crippen molar-refractivity contribution >= 4 is 45.5 Å². The van der Waals surface area contributed by atoms with Crippen LogP contribution in [0.3, 0.4) is 0 Å². The fraction of sp³-hybridized carbons (Fsp3) is 0.632. The largest absolute Gasteiger partial charge is 0.417 e. The van der Waals surface area contributed by atoms with Crippen molar-refractivity contribution in [2.75, 3.05) is 33.4 Å². The summed E-state index contributed by atoms with van der Waals surface area (Å²) in [5.41, 5.74) is 2.47. The molecule has 15 nitrogen and oxygen atoms in total. The topological polar surface area (TPSA) is 184 Å². The van der Waals surface area contributed by atoms with Gasteiger partial charge in [0.2, 0.25) is 29.5 Å². The molecule has 2 aliphatic heterocycles. The molecule has 4 fully saturated rings. The van der Waals surface area contributed by atoms with Crippen molar-refractivity contribution in [3.63, 3.8) is 0 Å². The van der Waals surface area contributed by atoms with Crippen molar-refractivity contribution in [1.82, 2.24) is 41.0 Å². The highest BCUT2D eigenvalue weighted by atomic mass is 79.9. The highest BCUT2D eigenvalue weighted by Gasteiger charge is 2.51. The number of carbonyl (C=O) groups is 5. The first-order valence-corrected chi connectivity index (χ1v) is 28.4. The quantitative estimate of drug-likeness (QED) is 0.0903. The number of nitrogens with zero attached hydrogens (tertiary/aromatic N) is 4. The van der Waals surface area contributed by atoms with Gasteiger partial charge in [-0.15, -0.1) is 0 Å². The SMILES string of the molecule is CC(C)[C@]1(C(=O)N2Cc3cc(C(F)(F)F)cnc3[C@H](NC(=O)C3CCC(NC(=O)CCCOC4CCC(OCCNC(=O)[C@H]5CC(=O)N(C)[C@@H]5c5cccnc5)CC4)CC3)C2)CC[C@@H](N[C@@H]2CCc3cc(Br)ccc32)C1. The molecule has 76 heavy (non-hydrogen) atoms. The Kier molecular flexibility index (Phi) is 17.9. The summed E-state index contributed by atoms with van der Waals surface area (Å²) in [5, 5.41) is 13.1. The smallest absolute Gasteiger partial charge is 0.378 e. The Hall–Kier alpha value is -4.98. The van der Waals surface area contributed by atoms with Crippen LogP contribution in [0.25, 0.3) is 0 Å². The van der Waals surface area contributed by atoms with Crippen molar-refractivity contribution in [3.8, 4) is 0 Å². The van der Waals surface area contributed by atoms with E-state index in [9.17, 15) is 37.1 Å². The van der Waals surface area contributed by atoms with E-state index in [4.69, 9.17) is 9.47 Å². The van der Waals surface area contributed by atoms with Crippen molar-refractivity contribution in [2.45, 2.75) is 172 Å². The second kappa shape index (κ2) is 24.4. The number of nitrogens with one attached hydrogen (secondary N) is 4. The maximum absolute atomic E-state index is 14.9. The van der Waals surface area contributed by atoms with Crippen LogP contribution in [0.2, 0.25) is 0 Å². The molecule has 3 saturated carbocycles. The molecule has 0 spiro atoms. The standard InChI is InChI=1S/C57H74BrF3N8O7/c1-34(2)56(21-20-42(29-56)65-47-19-10-36-27-40(58)11-18-45(36)47)55(74)69-32-38-26-39(57(59,60)61)31-64-51(38)48(33-69)67-53(72)35-8-12-41(13-9-35)66-49(70)7-5-24-75-43-14-16-44(17-15-43)76-25-23-63-54(73)46-28-50(71)68(3)52(46)37-6-4-22-62-30-37/h4,6,11,18,22,26-27,30-31,34-35,41-44,46-48,52,65H,5,7-10,12-17,19-21,23-25,28-29,32-33H2,1-3H3,(H,63,73)(H,66,70)(H,67,72)/t35?,41?,42-,43?,44?,46+,47-,48-,52-,56+/m1/s1. The predicted octanol–water partition coefficient (Wildman–Crippen LogP) is 8.36. The van der Waals surface area contributed by atoms with Crippen molar-refractivity contribution in [1.29, 1.82) is 0 Å². The molecule has 6 aliphatic rings. The van der Waals surface area contributed by atoms with E-state index >= 15 is 0 Å². The molecule has 1 saturated heterocycles. The maximum Gasteiger partial charge on any atom is 0.417 e. The van der Waals surface area contributed by atoms with E-state index in [1.807, 2.05) is 6.07 Å². The lowest BCUT2D eigenvalue weighted by Crippen LogP contribution is -2.52. The highest BCUT2D eigenvalue weighted by molar-refractivity contribution is 9.10. The number of aryl methyl sites for hydroxylation is 1. The molecule has 0 radical (unpaired) electrons. The number of likely N-dealkylation sites (tertiary alicyclic amines) is 1. The molecule has 9 rings (SSSR count). The number of ether oxygens (including phenoxy) is 2. The van der Waals surface area contributed by atoms with E-state index < -0.39 is 29.1 Å². The first kappa shape index (κ1) is 55.8. The van der Waals surface area contributed by atoms with Gasteiger partial charge in [-0.3, -0.25) is 33.9 Å². The average molecular weight is 1120 g/mol. The third-order valence-corrected chi connectivity index (χ3v) is 17.9. The fourth-order valence-electron chi connectivity index (χ4n) is 13.1. The molecular weight excluding hydrogens is 1050 g/mol. The van der Waals surface area contributed by atoms with Gasteiger partial charge in [0.15, 0.2) is 0 Å². The lowest BCUT2D eigenvalue weighted by molar-refractivity contribution is -0.147. The number of carbonyl (C=O) groups excluding carboxylic acids is 5. The minimum Gasteiger partial charge on any atom is -0.378 e. The molecule has 4 N–H and O–H groups in total. The molecule has 5 amide bonds. The number of pyridine rings is 2. The van der Waals surface area contributed by atoms with Gasteiger partial charge in [-0.25, -0.2) is 0 Å². The molecule has 3 aromatic rings. The van der Waals surface area contributed by atoms with Crippen LogP contribution in [0.4, 0.5) is 13.2 Å². The van der Waals surface area contributed by atoms with E-state index in [2.05, 4.69) is 79.2 Å². The summed E-state index contributed by atoms with van der Waals surface area (Å²) >= 11 is 3.59. The minimum absolute atomic E-state index is 0.0195. The van der Waals surface area contributed by atoms with Crippen LogP contribution in [0.1, 0.15) is 162 Å². The van der Waals surface area contributed by atoms with Crippen LogP contribution in [-0.4, -0.2) is 107 Å². The van der Waals surface area contributed by atoms with Gasteiger partial charge in [-0.05, 0) is 142 Å². The molecule has 4 aliphatic carbocycles. The molecule has 4 heterocycles. The fourth-order valence-corrected chi connectivity index (χ4v) is 13.5. The summed E-state index contributed by atoms with van der Waals surface area (Å²) < 4.78 is 55.4. The van der Waals surface area contributed by atoms with E-state index in [0.29, 0.717) is 76.8 Å². The van der Waals surface area contributed by atoms with Crippen LogP contribution in [0.15, 0.2) is 59.5 Å².